The quantitative estimate of drug-likeness (QED) is 0.812. The molecular formula is C12H27NO3. The predicted octanol–water partition coefficient (Wildman–Crippen LogP) is 2.86. The average molecular weight is 233 g/mol. The zero-order chi connectivity index (χ0) is 13.3. The zero-order valence-corrected chi connectivity index (χ0v) is 11.5. The summed E-state index contributed by atoms with van der Waals surface area (Å²) in [5, 5.41) is 2.54. The van der Waals surface area contributed by atoms with Gasteiger partial charge in [-0.05, 0) is 5.92 Å². The Kier molecular flexibility index (Phi) is 9.96. The lowest BCUT2D eigenvalue weighted by Gasteiger charge is -2.21. The highest BCUT2D eigenvalue weighted by Gasteiger charge is 2.26. The number of nitrogens with one attached hydrogen (secondary N) is 1. The lowest BCUT2D eigenvalue weighted by atomic mass is 9.93. The van der Waals surface area contributed by atoms with Gasteiger partial charge >= 0.3 is 6.09 Å². The first-order valence-corrected chi connectivity index (χ1v) is 5.78. The van der Waals surface area contributed by atoms with Crippen LogP contribution in [0.3, 0.4) is 0 Å². The molecule has 0 aliphatic carbocycles. The van der Waals surface area contributed by atoms with Crippen LogP contribution in [-0.4, -0.2) is 25.0 Å². The summed E-state index contributed by atoms with van der Waals surface area (Å²) < 4.78 is 4.46. The maximum atomic E-state index is 11.7. The fourth-order valence-corrected chi connectivity index (χ4v) is 1.11. The Morgan fingerprint density at radius 1 is 1.12 bits per heavy atom. The van der Waals surface area contributed by atoms with Gasteiger partial charge in [-0.25, -0.2) is 4.79 Å². The smallest absolute Gasteiger partial charge is 0.407 e. The van der Waals surface area contributed by atoms with Gasteiger partial charge in [-0.3, -0.25) is 4.79 Å². The van der Waals surface area contributed by atoms with Gasteiger partial charge in [0.05, 0.1) is 13.2 Å². The molecule has 1 N–H and O–H groups in total. The van der Waals surface area contributed by atoms with Crippen molar-refractivity contribution in [3.8, 4) is 0 Å². The van der Waals surface area contributed by atoms with Crippen LogP contribution in [0.15, 0.2) is 0 Å². The van der Waals surface area contributed by atoms with Gasteiger partial charge in [-0.2, -0.15) is 0 Å². The van der Waals surface area contributed by atoms with Gasteiger partial charge in [0.1, 0.15) is 0 Å². The normalized spacial score (nSPS) is 11.6. The molecule has 0 aromatic carbocycles. The summed E-state index contributed by atoms with van der Waals surface area (Å²) in [7, 11) is 1.28. The number of amides is 1. The van der Waals surface area contributed by atoms with Crippen molar-refractivity contribution in [1.29, 1.82) is 0 Å². The van der Waals surface area contributed by atoms with Crippen molar-refractivity contribution in [3.63, 3.8) is 0 Å². The average Bonchev–Trinajstić information content (AvgIpc) is 2.26. The molecule has 0 saturated heterocycles. The van der Waals surface area contributed by atoms with E-state index in [0.717, 1.165) is 0 Å². The molecule has 4 heteroatoms. The van der Waals surface area contributed by atoms with E-state index < -0.39 is 12.1 Å². The van der Waals surface area contributed by atoms with E-state index in [4.69, 9.17) is 0 Å². The molecule has 0 fully saturated rings. The van der Waals surface area contributed by atoms with E-state index in [-0.39, 0.29) is 19.0 Å². The monoisotopic (exact) mass is 233 g/mol. The van der Waals surface area contributed by atoms with E-state index >= 15 is 0 Å². The Labute approximate surface area is 100 Å². The minimum Gasteiger partial charge on any atom is -0.453 e. The van der Waals surface area contributed by atoms with Crippen LogP contribution in [0.5, 0.6) is 0 Å². The fraction of sp³-hybridized carbons (Fsp3) is 0.833. The molecule has 0 saturated carbocycles. The number of methoxy groups -OCH3 is 1. The minimum atomic E-state index is -0.558. The summed E-state index contributed by atoms with van der Waals surface area (Å²) in [6.45, 7) is 11.4. The molecule has 0 rings (SSSR count). The first-order valence-electron chi connectivity index (χ1n) is 5.78. The molecule has 0 unspecified atom stereocenters. The number of ether oxygens (including phenoxy) is 1. The Hall–Kier alpha value is -1.06. The molecule has 0 aromatic heterocycles. The molecule has 0 aliphatic heterocycles. The summed E-state index contributed by atoms with van der Waals surface area (Å²) in [6, 6.07) is -0.456. The van der Waals surface area contributed by atoms with Crippen LogP contribution in [-0.2, 0) is 9.53 Å². The second-order valence-electron chi connectivity index (χ2n) is 3.91. The molecule has 1 amide bonds. The molecular weight excluding hydrogens is 206 g/mol. The summed E-state index contributed by atoms with van der Waals surface area (Å²) in [5.41, 5.74) is 0. The number of rotatable bonds is 4. The van der Waals surface area contributed by atoms with E-state index in [1.54, 1.807) is 0 Å². The van der Waals surface area contributed by atoms with Gasteiger partial charge in [0, 0.05) is 7.34 Å². The number of hydrogen-bond acceptors (Lipinski definition) is 3. The molecule has 16 heavy (non-hydrogen) atoms. The van der Waals surface area contributed by atoms with Crippen molar-refractivity contribution in [2.24, 2.45) is 11.8 Å². The number of alkyl carbamates (subject to hydrolysis) is 1. The summed E-state index contributed by atoms with van der Waals surface area (Å²) in [6.07, 6.45) is -0.558. The fourth-order valence-electron chi connectivity index (χ4n) is 1.11. The molecule has 1 atom stereocenters. The Balaban J connectivity index is -0.000000616. The maximum Gasteiger partial charge on any atom is 0.407 e. The van der Waals surface area contributed by atoms with Crippen LogP contribution in [0, 0.1) is 11.8 Å². The van der Waals surface area contributed by atoms with E-state index in [1.165, 1.54) is 7.11 Å². The second-order valence-corrected chi connectivity index (χ2v) is 3.91. The van der Waals surface area contributed by atoms with Gasteiger partial charge in [0.2, 0.25) is 0 Å². The SMILES string of the molecule is CC.COC(=O)N[C@H](C(=O)C(C)C)C(C)C.[HH]. The first-order chi connectivity index (χ1) is 7.40. The number of hydrogen-bond donors (Lipinski definition) is 1. The molecule has 0 spiro atoms. The maximum absolute atomic E-state index is 11.7. The van der Waals surface area contributed by atoms with Gasteiger partial charge in [-0.1, -0.05) is 41.5 Å². The van der Waals surface area contributed by atoms with Crippen molar-refractivity contribution in [2.75, 3.05) is 7.11 Å². The third kappa shape index (κ3) is 6.43. The van der Waals surface area contributed by atoms with Crippen LogP contribution >= 0.6 is 0 Å². The lowest BCUT2D eigenvalue weighted by molar-refractivity contribution is -0.124. The summed E-state index contributed by atoms with van der Waals surface area (Å²) >= 11 is 0. The van der Waals surface area contributed by atoms with Gasteiger partial charge in [-0.15, -0.1) is 0 Å². The molecule has 98 valence electrons. The van der Waals surface area contributed by atoms with Crippen LogP contribution in [0.25, 0.3) is 0 Å². The van der Waals surface area contributed by atoms with Gasteiger partial charge in [0.25, 0.3) is 0 Å². The van der Waals surface area contributed by atoms with Crippen LogP contribution in [0.2, 0.25) is 0 Å². The van der Waals surface area contributed by atoms with E-state index in [0.29, 0.717) is 0 Å². The van der Waals surface area contributed by atoms with Gasteiger partial charge < -0.3 is 10.1 Å². The zero-order valence-electron chi connectivity index (χ0n) is 11.5. The van der Waals surface area contributed by atoms with E-state index in [9.17, 15) is 9.59 Å². The molecule has 0 aromatic rings. The molecule has 0 bridgehead atoms. The van der Waals surface area contributed by atoms with Crippen molar-refractivity contribution < 1.29 is 15.8 Å². The summed E-state index contributed by atoms with van der Waals surface area (Å²) in [4.78, 5) is 22.6. The predicted molar refractivity (Wildman–Crippen MR) is 67.5 cm³/mol. The molecule has 4 nitrogen and oxygen atoms in total. The van der Waals surface area contributed by atoms with Crippen LogP contribution < -0.4 is 5.32 Å². The number of carbonyl (C=O) groups excluding carboxylic acids is 2. The van der Waals surface area contributed by atoms with Crippen molar-refractivity contribution in [1.82, 2.24) is 5.32 Å². The van der Waals surface area contributed by atoms with Gasteiger partial charge in [0.15, 0.2) is 5.78 Å². The van der Waals surface area contributed by atoms with Crippen molar-refractivity contribution in [2.45, 2.75) is 47.6 Å². The lowest BCUT2D eigenvalue weighted by Crippen LogP contribution is -2.46. The number of ketones is 1. The van der Waals surface area contributed by atoms with E-state index in [1.807, 2.05) is 41.5 Å². The first kappa shape index (κ1) is 17.3. The van der Waals surface area contributed by atoms with Crippen molar-refractivity contribution >= 4 is 11.9 Å². The topological polar surface area (TPSA) is 55.4 Å². The van der Waals surface area contributed by atoms with E-state index in [2.05, 4.69) is 10.1 Å². The highest BCUT2D eigenvalue weighted by molar-refractivity contribution is 5.88. The van der Waals surface area contributed by atoms with Crippen LogP contribution in [0.1, 0.15) is 43.0 Å². The Morgan fingerprint density at radius 3 is 1.81 bits per heavy atom. The van der Waals surface area contributed by atoms with Crippen LogP contribution in [0.4, 0.5) is 4.79 Å². The number of Topliss-reactive ketones (excluding diaryl/α,β-unsaturated/α-hetero) is 1. The number of carbonyl (C=O) groups is 2. The standard InChI is InChI=1S/C10H19NO3.C2H6.H2/c1-6(2)8(9(12)7(3)4)11-10(13)14-5;1-2;/h6-8H,1-5H3,(H,11,13);1-2H3;1H/t8-;;/m0../s1. The Morgan fingerprint density at radius 2 is 1.56 bits per heavy atom. The molecule has 0 radical (unpaired) electrons. The third-order valence-corrected chi connectivity index (χ3v) is 2.00. The minimum absolute atomic E-state index is 0. The third-order valence-electron chi connectivity index (χ3n) is 2.00. The largest absolute Gasteiger partial charge is 0.453 e. The summed E-state index contributed by atoms with van der Waals surface area (Å²) in [5.74, 6) is 0.0222. The second kappa shape index (κ2) is 9.19. The molecule has 0 heterocycles. The highest BCUT2D eigenvalue weighted by atomic mass is 16.5. The Bertz CT molecular complexity index is 218. The highest BCUT2D eigenvalue weighted by Crippen LogP contribution is 2.09. The molecule has 0 aliphatic rings. The van der Waals surface area contributed by atoms with Crippen molar-refractivity contribution in [3.05, 3.63) is 0 Å².